The number of esters is 1. The number of carbonyl (C=O) groups excluding carboxylic acids is 1. The normalized spacial score (nSPS) is 16.3. The molecular formula is C15H20ClNO4S. The van der Waals surface area contributed by atoms with Crippen molar-refractivity contribution in [2.24, 2.45) is 5.92 Å². The van der Waals surface area contributed by atoms with Gasteiger partial charge >= 0.3 is 5.97 Å². The maximum Gasteiger partial charge on any atom is 0.324 e. The third-order valence-electron chi connectivity index (χ3n) is 3.37. The Morgan fingerprint density at radius 1 is 1.45 bits per heavy atom. The van der Waals surface area contributed by atoms with Gasteiger partial charge in [0, 0.05) is 5.02 Å². The lowest BCUT2D eigenvalue weighted by Gasteiger charge is -2.17. The van der Waals surface area contributed by atoms with Crippen molar-refractivity contribution >= 4 is 27.6 Å². The Labute approximate surface area is 136 Å². The molecule has 0 aliphatic heterocycles. The number of carbonyl (C=O) groups is 1. The molecule has 122 valence electrons. The van der Waals surface area contributed by atoms with Crippen LogP contribution in [-0.4, -0.2) is 32.8 Å². The number of ether oxygens (including phenoxy) is 1. The largest absolute Gasteiger partial charge is 0.465 e. The van der Waals surface area contributed by atoms with Crippen LogP contribution in [-0.2, 0) is 26.0 Å². The summed E-state index contributed by atoms with van der Waals surface area (Å²) in [5, 5.41) is 0.543. The van der Waals surface area contributed by atoms with Crippen LogP contribution in [0.5, 0.6) is 0 Å². The van der Waals surface area contributed by atoms with E-state index in [0.717, 1.165) is 18.4 Å². The van der Waals surface area contributed by atoms with Crippen LogP contribution in [0.1, 0.15) is 25.3 Å². The molecule has 0 radical (unpaired) electrons. The summed E-state index contributed by atoms with van der Waals surface area (Å²) < 4.78 is 31.7. The van der Waals surface area contributed by atoms with E-state index in [1.54, 1.807) is 31.2 Å². The predicted molar refractivity (Wildman–Crippen MR) is 85.2 cm³/mol. The van der Waals surface area contributed by atoms with Crippen LogP contribution < -0.4 is 4.72 Å². The molecule has 1 unspecified atom stereocenters. The van der Waals surface area contributed by atoms with Crippen molar-refractivity contribution in [3.8, 4) is 0 Å². The van der Waals surface area contributed by atoms with Gasteiger partial charge in [0.1, 0.15) is 6.04 Å². The van der Waals surface area contributed by atoms with Crippen molar-refractivity contribution in [3.63, 3.8) is 0 Å². The maximum absolute atomic E-state index is 12.1. The summed E-state index contributed by atoms with van der Waals surface area (Å²) in [5.41, 5.74) is 0.777. The second-order valence-corrected chi connectivity index (χ2v) is 7.72. The molecule has 1 aromatic rings. The van der Waals surface area contributed by atoms with Gasteiger partial charge < -0.3 is 4.74 Å². The average molecular weight is 346 g/mol. The summed E-state index contributed by atoms with van der Waals surface area (Å²) in [4.78, 5) is 12.0. The summed E-state index contributed by atoms with van der Waals surface area (Å²) >= 11 is 5.92. The number of sulfonamides is 1. The molecule has 5 nitrogen and oxygen atoms in total. The van der Waals surface area contributed by atoms with Gasteiger partial charge in [0.05, 0.1) is 12.4 Å². The Hall–Kier alpha value is -1.11. The zero-order valence-electron chi connectivity index (χ0n) is 12.4. The standard InChI is InChI=1S/C15H20ClNO4S/c1-2-21-15(18)14(9-12-4-3-5-13(16)8-12)17-22(19,20)10-11-6-7-11/h3-5,8,11,14,17H,2,6-7,9-10H2,1H3. The molecule has 1 atom stereocenters. The van der Waals surface area contributed by atoms with Crippen LogP contribution in [0.15, 0.2) is 24.3 Å². The van der Waals surface area contributed by atoms with Gasteiger partial charge in [-0.15, -0.1) is 0 Å². The highest BCUT2D eigenvalue weighted by molar-refractivity contribution is 7.89. The Morgan fingerprint density at radius 3 is 2.77 bits per heavy atom. The molecule has 1 saturated carbocycles. The zero-order chi connectivity index (χ0) is 16.2. The molecule has 1 aliphatic rings. The van der Waals surface area contributed by atoms with E-state index in [9.17, 15) is 13.2 Å². The van der Waals surface area contributed by atoms with E-state index in [4.69, 9.17) is 16.3 Å². The fraction of sp³-hybridized carbons (Fsp3) is 0.533. The van der Waals surface area contributed by atoms with Gasteiger partial charge in [-0.1, -0.05) is 23.7 Å². The van der Waals surface area contributed by atoms with Gasteiger partial charge in [0.15, 0.2) is 0 Å². The molecule has 0 heterocycles. The van der Waals surface area contributed by atoms with Crippen LogP contribution >= 0.6 is 11.6 Å². The summed E-state index contributed by atoms with van der Waals surface area (Å²) in [5.74, 6) is -0.285. The Kier molecular flexibility index (Phi) is 5.83. The molecule has 0 spiro atoms. The van der Waals surface area contributed by atoms with Gasteiger partial charge in [-0.2, -0.15) is 0 Å². The first kappa shape index (κ1) is 17.2. The first-order valence-electron chi connectivity index (χ1n) is 7.30. The summed E-state index contributed by atoms with van der Waals surface area (Å²) in [6, 6.07) is 6.07. The first-order valence-corrected chi connectivity index (χ1v) is 9.33. The summed E-state index contributed by atoms with van der Waals surface area (Å²) in [6.07, 6.45) is 2.07. The molecule has 22 heavy (non-hydrogen) atoms. The second kappa shape index (κ2) is 7.44. The molecule has 0 bridgehead atoms. The van der Waals surface area contributed by atoms with E-state index >= 15 is 0 Å². The van der Waals surface area contributed by atoms with Crippen molar-refractivity contribution in [2.45, 2.75) is 32.2 Å². The SMILES string of the molecule is CCOC(=O)C(Cc1cccc(Cl)c1)NS(=O)(=O)CC1CC1. The van der Waals surface area contributed by atoms with E-state index in [1.807, 2.05) is 0 Å². The Balaban J connectivity index is 2.09. The molecule has 1 fully saturated rings. The molecule has 0 amide bonds. The molecule has 7 heteroatoms. The molecule has 0 aromatic heterocycles. The first-order chi connectivity index (χ1) is 10.4. The predicted octanol–water partition coefficient (Wildman–Crippen LogP) is 2.14. The fourth-order valence-electron chi connectivity index (χ4n) is 2.18. The minimum Gasteiger partial charge on any atom is -0.465 e. The Morgan fingerprint density at radius 2 is 2.18 bits per heavy atom. The number of nitrogens with one attached hydrogen (secondary N) is 1. The monoisotopic (exact) mass is 345 g/mol. The average Bonchev–Trinajstić information content (AvgIpc) is 3.21. The van der Waals surface area contributed by atoms with E-state index in [1.165, 1.54) is 0 Å². The van der Waals surface area contributed by atoms with Gasteiger partial charge in [0.2, 0.25) is 10.0 Å². The lowest BCUT2D eigenvalue weighted by Crippen LogP contribution is -2.44. The van der Waals surface area contributed by atoms with Crippen LogP contribution in [0, 0.1) is 5.92 Å². The molecule has 1 aromatic carbocycles. The number of hydrogen-bond acceptors (Lipinski definition) is 4. The van der Waals surface area contributed by atoms with Crippen LogP contribution in [0.25, 0.3) is 0 Å². The van der Waals surface area contributed by atoms with Crippen LogP contribution in [0.2, 0.25) is 5.02 Å². The van der Waals surface area contributed by atoms with Crippen molar-refractivity contribution in [3.05, 3.63) is 34.9 Å². The molecular weight excluding hydrogens is 326 g/mol. The van der Waals surface area contributed by atoms with Crippen molar-refractivity contribution < 1.29 is 17.9 Å². The third-order valence-corrected chi connectivity index (χ3v) is 5.16. The third kappa shape index (κ3) is 5.59. The van der Waals surface area contributed by atoms with Crippen molar-refractivity contribution in [2.75, 3.05) is 12.4 Å². The van der Waals surface area contributed by atoms with Gasteiger partial charge in [-0.05, 0) is 49.8 Å². The van der Waals surface area contributed by atoms with Crippen molar-refractivity contribution in [1.29, 1.82) is 0 Å². The van der Waals surface area contributed by atoms with Gasteiger partial charge in [-0.3, -0.25) is 4.79 Å². The Bertz CT molecular complexity index is 628. The van der Waals surface area contributed by atoms with E-state index in [-0.39, 0.29) is 24.7 Å². The van der Waals surface area contributed by atoms with Crippen LogP contribution in [0.3, 0.4) is 0 Å². The fourth-order valence-corrected chi connectivity index (χ4v) is 4.05. The quantitative estimate of drug-likeness (QED) is 0.733. The lowest BCUT2D eigenvalue weighted by atomic mass is 10.1. The highest BCUT2D eigenvalue weighted by Gasteiger charge is 2.32. The van der Waals surface area contributed by atoms with E-state index in [0.29, 0.717) is 5.02 Å². The molecule has 1 N–H and O–H groups in total. The smallest absolute Gasteiger partial charge is 0.324 e. The minimum absolute atomic E-state index is 0.0679. The molecule has 2 rings (SSSR count). The number of rotatable bonds is 8. The van der Waals surface area contributed by atoms with Gasteiger partial charge in [0.25, 0.3) is 0 Å². The van der Waals surface area contributed by atoms with E-state index in [2.05, 4.69) is 4.72 Å². The van der Waals surface area contributed by atoms with Gasteiger partial charge in [-0.25, -0.2) is 13.1 Å². The number of hydrogen-bond donors (Lipinski definition) is 1. The lowest BCUT2D eigenvalue weighted by molar-refractivity contribution is -0.145. The van der Waals surface area contributed by atoms with E-state index < -0.39 is 22.0 Å². The highest BCUT2D eigenvalue weighted by Crippen LogP contribution is 2.30. The van der Waals surface area contributed by atoms with Crippen molar-refractivity contribution in [1.82, 2.24) is 4.72 Å². The highest BCUT2D eigenvalue weighted by atomic mass is 35.5. The zero-order valence-corrected chi connectivity index (χ0v) is 14.0. The second-order valence-electron chi connectivity index (χ2n) is 5.48. The summed E-state index contributed by atoms with van der Waals surface area (Å²) in [6.45, 7) is 1.89. The minimum atomic E-state index is -3.49. The number of halogens is 1. The molecule has 1 aliphatic carbocycles. The number of benzene rings is 1. The van der Waals surface area contributed by atoms with Crippen LogP contribution in [0.4, 0.5) is 0 Å². The topological polar surface area (TPSA) is 72.5 Å². The maximum atomic E-state index is 12.1. The molecule has 0 saturated heterocycles. The summed E-state index contributed by atoms with van der Waals surface area (Å²) in [7, 11) is -3.49.